The second-order valence-corrected chi connectivity index (χ2v) is 5.15. The smallest absolute Gasteiger partial charge is 0.243 e. The molecule has 0 saturated heterocycles. The molecule has 0 saturated carbocycles. The molecule has 0 spiro atoms. The average Bonchev–Trinajstić information content (AvgIpc) is 2.53. The number of rotatable bonds is 4. The summed E-state index contributed by atoms with van der Waals surface area (Å²) >= 11 is 0. The first-order valence-electron chi connectivity index (χ1n) is 7.16. The standard InChI is InChI=1S/C18H17N3O/c1-13-5-2-8-15(11-13)20-12-17(22)21-16-9-3-6-14-7-4-10-19-18(14)16/h2-11,20H,12H2,1H3,(H,21,22). The van der Waals surface area contributed by atoms with Crippen molar-refractivity contribution in [3.8, 4) is 0 Å². The number of hydrogen-bond acceptors (Lipinski definition) is 3. The molecule has 22 heavy (non-hydrogen) atoms. The average molecular weight is 291 g/mol. The fraction of sp³-hybridized carbons (Fsp3) is 0.111. The fourth-order valence-electron chi connectivity index (χ4n) is 2.34. The molecule has 2 N–H and O–H groups in total. The second kappa shape index (κ2) is 6.26. The maximum absolute atomic E-state index is 12.1. The van der Waals surface area contributed by atoms with E-state index in [1.54, 1.807) is 6.20 Å². The number of carbonyl (C=O) groups excluding carboxylic acids is 1. The number of anilines is 2. The summed E-state index contributed by atoms with van der Waals surface area (Å²) in [5.74, 6) is -0.0975. The normalized spacial score (nSPS) is 10.4. The highest BCUT2D eigenvalue weighted by Crippen LogP contribution is 2.20. The summed E-state index contributed by atoms with van der Waals surface area (Å²) in [6.45, 7) is 2.24. The highest BCUT2D eigenvalue weighted by molar-refractivity contribution is 6.01. The number of pyridine rings is 1. The molecule has 3 aromatic rings. The molecule has 1 heterocycles. The van der Waals surface area contributed by atoms with Gasteiger partial charge in [0.2, 0.25) is 5.91 Å². The van der Waals surface area contributed by atoms with Crippen LogP contribution in [0.15, 0.2) is 60.8 Å². The monoisotopic (exact) mass is 291 g/mol. The first-order chi connectivity index (χ1) is 10.7. The van der Waals surface area contributed by atoms with Gasteiger partial charge < -0.3 is 10.6 Å². The number of hydrogen-bond donors (Lipinski definition) is 2. The van der Waals surface area contributed by atoms with Crippen LogP contribution < -0.4 is 10.6 Å². The highest BCUT2D eigenvalue weighted by Gasteiger charge is 2.06. The van der Waals surface area contributed by atoms with E-state index in [0.29, 0.717) is 0 Å². The summed E-state index contributed by atoms with van der Waals surface area (Å²) in [6.07, 6.45) is 1.73. The lowest BCUT2D eigenvalue weighted by atomic mass is 10.2. The van der Waals surface area contributed by atoms with Gasteiger partial charge in [0.05, 0.1) is 17.7 Å². The van der Waals surface area contributed by atoms with Crippen molar-refractivity contribution < 1.29 is 4.79 Å². The Morgan fingerprint density at radius 2 is 1.91 bits per heavy atom. The topological polar surface area (TPSA) is 54.0 Å². The molecule has 2 aromatic carbocycles. The maximum Gasteiger partial charge on any atom is 0.243 e. The summed E-state index contributed by atoms with van der Waals surface area (Å²) in [7, 11) is 0. The van der Waals surface area contributed by atoms with Crippen LogP contribution in [-0.2, 0) is 4.79 Å². The Hall–Kier alpha value is -2.88. The number of nitrogens with zero attached hydrogens (tertiary/aromatic N) is 1. The van der Waals surface area contributed by atoms with Crippen LogP contribution in [-0.4, -0.2) is 17.4 Å². The number of aryl methyl sites for hydroxylation is 1. The van der Waals surface area contributed by atoms with E-state index < -0.39 is 0 Å². The number of fused-ring (bicyclic) bond motifs is 1. The molecule has 0 radical (unpaired) electrons. The van der Waals surface area contributed by atoms with Gasteiger partial charge in [-0.3, -0.25) is 9.78 Å². The summed E-state index contributed by atoms with van der Waals surface area (Å²) in [5, 5.41) is 7.03. The number of nitrogens with one attached hydrogen (secondary N) is 2. The van der Waals surface area contributed by atoms with Crippen molar-refractivity contribution >= 4 is 28.2 Å². The zero-order chi connectivity index (χ0) is 15.4. The minimum absolute atomic E-state index is 0.0975. The zero-order valence-corrected chi connectivity index (χ0v) is 12.3. The number of carbonyl (C=O) groups is 1. The Bertz CT molecular complexity index is 809. The molecule has 0 fully saturated rings. The predicted octanol–water partition coefficient (Wildman–Crippen LogP) is 3.59. The van der Waals surface area contributed by atoms with Crippen molar-refractivity contribution in [3.05, 3.63) is 66.4 Å². The number of para-hydroxylation sites is 1. The maximum atomic E-state index is 12.1. The lowest BCUT2D eigenvalue weighted by Gasteiger charge is -2.10. The van der Waals surface area contributed by atoms with Gasteiger partial charge in [0.15, 0.2) is 0 Å². The summed E-state index contributed by atoms with van der Waals surface area (Å²) in [5.41, 5.74) is 3.62. The van der Waals surface area contributed by atoms with E-state index in [4.69, 9.17) is 0 Å². The van der Waals surface area contributed by atoms with E-state index in [-0.39, 0.29) is 12.5 Å². The van der Waals surface area contributed by atoms with E-state index in [9.17, 15) is 4.79 Å². The van der Waals surface area contributed by atoms with Gasteiger partial charge in [-0.1, -0.05) is 30.3 Å². The van der Waals surface area contributed by atoms with Crippen LogP contribution in [0.2, 0.25) is 0 Å². The molecule has 1 aromatic heterocycles. The van der Waals surface area contributed by atoms with Gasteiger partial charge in [0, 0.05) is 17.3 Å². The number of amides is 1. The van der Waals surface area contributed by atoms with Crippen LogP contribution >= 0.6 is 0 Å². The van der Waals surface area contributed by atoms with Crippen LogP contribution in [0.25, 0.3) is 10.9 Å². The van der Waals surface area contributed by atoms with Crippen molar-refractivity contribution in [1.29, 1.82) is 0 Å². The first-order valence-corrected chi connectivity index (χ1v) is 7.16. The molecule has 3 rings (SSSR count). The van der Waals surface area contributed by atoms with Crippen LogP contribution in [0.5, 0.6) is 0 Å². The third kappa shape index (κ3) is 3.23. The molecule has 1 amide bonds. The van der Waals surface area contributed by atoms with Gasteiger partial charge in [-0.25, -0.2) is 0 Å². The van der Waals surface area contributed by atoms with Gasteiger partial charge in [0.1, 0.15) is 0 Å². The molecule has 4 nitrogen and oxygen atoms in total. The molecule has 0 bridgehead atoms. The molecule has 0 aliphatic heterocycles. The van der Waals surface area contributed by atoms with Crippen LogP contribution in [0.4, 0.5) is 11.4 Å². The van der Waals surface area contributed by atoms with Gasteiger partial charge in [-0.15, -0.1) is 0 Å². The van der Waals surface area contributed by atoms with Gasteiger partial charge in [-0.2, -0.15) is 0 Å². The first kappa shape index (κ1) is 14.1. The largest absolute Gasteiger partial charge is 0.376 e. The predicted molar refractivity (Wildman–Crippen MR) is 90.0 cm³/mol. The molecule has 0 aliphatic carbocycles. The summed E-state index contributed by atoms with van der Waals surface area (Å²) in [6, 6.07) is 17.5. The van der Waals surface area contributed by atoms with Crippen molar-refractivity contribution in [2.45, 2.75) is 6.92 Å². The number of aromatic nitrogens is 1. The minimum Gasteiger partial charge on any atom is -0.376 e. The van der Waals surface area contributed by atoms with Crippen LogP contribution in [0.1, 0.15) is 5.56 Å². The van der Waals surface area contributed by atoms with Crippen molar-refractivity contribution in [2.75, 3.05) is 17.2 Å². The van der Waals surface area contributed by atoms with Crippen molar-refractivity contribution in [3.63, 3.8) is 0 Å². The van der Waals surface area contributed by atoms with Crippen molar-refractivity contribution in [1.82, 2.24) is 4.98 Å². The lowest BCUT2D eigenvalue weighted by molar-refractivity contribution is -0.114. The molecular formula is C18H17N3O. The molecule has 0 atom stereocenters. The van der Waals surface area contributed by atoms with E-state index in [0.717, 1.165) is 27.8 Å². The summed E-state index contributed by atoms with van der Waals surface area (Å²) in [4.78, 5) is 16.4. The Morgan fingerprint density at radius 3 is 2.77 bits per heavy atom. The van der Waals surface area contributed by atoms with Crippen LogP contribution in [0.3, 0.4) is 0 Å². The van der Waals surface area contributed by atoms with Gasteiger partial charge >= 0.3 is 0 Å². The fourth-order valence-corrected chi connectivity index (χ4v) is 2.34. The number of benzene rings is 2. The van der Waals surface area contributed by atoms with E-state index in [1.165, 1.54) is 0 Å². The zero-order valence-electron chi connectivity index (χ0n) is 12.3. The summed E-state index contributed by atoms with van der Waals surface area (Å²) < 4.78 is 0. The Morgan fingerprint density at radius 1 is 1.09 bits per heavy atom. The van der Waals surface area contributed by atoms with E-state index in [1.807, 2.05) is 61.5 Å². The SMILES string of the molecule is Cc1cccc(NCC(=O)Nc2cccc3cccnc23)c1. The third-order valence-electron chi connectivity index (χ3n) is 3.38. The lowest BCUT2D eigenvalue weighted by Crippen LogP contribution is -2.22. The molecule has 0 unspecified atom stereocenters. The van der Waals surface area contributed by atoms with E-state index in [2.05, 4.69) is 15.6 Å². The quantitative estimate of drug-likeness (QED) is 0.772. The highest BCUT2D eigenvalue weighted by atomic mass is 16.1. The Labute approximate surface area is 129 Å². The third-order valence-corrected chi connectivity index (χ3v) is 3.38. The molecule has 4 heteroatoms. The minimum atomic E-state index is -0.0975. The molecule has 110 valence electrons. The van der Waals surface area contributed by atoms with E-state index >= 15 is 0 Å². The Balaban J connectivity index is 1.68. The molecule has 0 aliphatic rings. The molecular weight excluding hydrogens is 274 g/mol. The van der Waals surface area contributed by atoms with Crippen molar-refractivity contribution in [2.24, 2.45) is 0 Å². The second-order valence-electron chi connectivity index (χ2n) is 5.15. The van der Waals surface area contributed by atoms with Crippen LogP contribution in [0, 0.1) is 6.92 Å². The Kier molecular flexibility index (Phi) is 4.01. The van der Waals surface area contributed by atoms with Gasteiger partial charge in [0.25, 0.3) is 0 Å². The van der Waals surface area contributed by atoms with Gasteiger partial charge in [-0.05, 0) is 36.8 Å².